The van der Waals surface area contributed by atoms with Crippen molar-refractivity contribution < 1.29 is 5.11 Å². The van der Waals surface area contributed by atoms with Crippen LogP contribution >= 0.6 is 0 Å². The maximum absolute atomic E-state index is 10.3. The highest BCUT2D eigenvalue weighted by Crippen LogP contribution is 2.39. The molecule has 124 valence electrons. The summed E-state index contributed by atoms with van der Waals surface area (Å²) in [5, 5.41) is 14.0. The van der Waals surface area contributed by atoms with E-state index in [1.54, 1.807) is 0 Å². The van der Waals surface area contributed by atoms with Gasteiger partial charge in [0, 0.05) is 19.1 Å². The molecule has 0 radical (unpaired) electrons. The highest BCUT2D eigenvalue weighted by atomic mass is 16.3. The first-order valence-corrected chi connectivity index (χ1v) is 8.99. The van der Waals surface area contributed by atoms with E-state index >= 15 is 0 Å². The van der Waals surface area contributed by atoms with E-state index in [1.807, 2.05) is 6.92 Å². The van der Waals surface area contributed by atoms with Crippen LogP contribution in [-0.2, 0) is 0 Å². The first kappa shape index (κ1) is 17.2. The summed E-state index contributed by atoms with van der Waals surface area (Å²) >= 11 is 0. The van der Waals surface area contributed by atoms with Gasteiger partial charge >= 0.3 is 0 Å². The van der Waals surface area contributed by atoms with E-state index in [-0.39, 0.29) is 0 Å². The van der Waals surface area contributed by atoms with Crippen molar-refractivity contribution in [1.29, 1.82) is 0 Å². The molecule has 3 unspecified atom stereocenters. The van der Waals surface area contributed by atoms with Crippen molar-refractivity contribution in [2.75, 3.05) is 26.2 Å². The van der Waals surface area contributed by atoms with E-state index in [4.69, 9.17) is 0 Å². The lowest BCUT2D eigenvalue weighted by Crippen LogP contribution is -2.47. The summed E-state index contributed by atoms with van der Waals surface area (Å²) in [7, 11) is 0. The van der Waals surface area contributed by atoms with Gasteiger partial charge in [-0.05, 0) is 69.9 Å². The molecule has 0 amide bonds. The predicted molar refractivity (Wildman–Crippen MR) is 89.5 cm³/mol. The molecule has 1 aliphatic heterocycles. The molecule has 3 nitrogen and oxygen atoms in total. The maximum Gasteiger partial charge on any atom is 0.0632 e. The summed E-state index contributed by atoms with van der Waals surface area (Å²) in [5.41, 5.74) is 0.0512. The zero-order chi connectivity index (χ0) is 15.5. The monoisotopic (exact) mass is 296 g/mol. The van der Waals surface area contributed by atoms with Crippen LogP contribution in [0.5, 0.6) is 0 Å². The van der Waals surface area contributed by atoms with E-state index in [0.29, 0.717) is 11.5 Å². The number of nitrogens with zero attached hydrogens (tertiary/aromatic N) is 1. The van der Waals surface area contributed by atoms with Crippen LogP contribution < -0.4 is 5.32 Å². The van der Waals surface area contributed by atoms with E-state index in [0.717, 1.165) is 44.8 Å². The highest BCUT2D eigenvalue weighted by molar-refractivity contribution is 4.91. The van der Waals surface area contributed by atoms with Gasteiger partial charge in [-0.25, -0.2) is 0 Å². The second-order valence-corrected chi connectivity index (χ2v) is 8.48. The number of hydrogen-bond acceptors (Lipinski definition) is 3. The molecule has 0 bridgehead atoms. The number of likely N-dealkylation sites (tertiary alicyclic amines) is 1. The van der Waals surface area contributed by atoms with Crippen LogP contribution in [0.1, 0.15) is 66.2 Å². The molecule has 2 aliphatic rings. The Morgan fingerprint density at radius 1 is 1.14 bits per heavy atom. The van der Waals surface area contributed by atoms with Gasteiger partial charge in [-0.15, -0.1) is 0 Å². The lowest BCUT2D eigenvalue weighted by molar-refractivity contribution is 0.0422. The van der Waals surface area contributed by atoms with Crippen LogP contribution in [0.15, 0.2) is 0 Å². The molecule has 0 aromatic rings. The van der Waals surface area contributed by atoms with Gasteiger partial charge in [0.1, 0.15) is 0 Å². The van der Waals surface area contributed by atoms with Crippen molar-refractivity contribution in [3.05, 3.63) is 0 Å². The summed E-state index contributed by atoms with van der Waals surface area (Å²) in [6, 6.07) is 0.687. The molecular formula is C18H36N2O. The van der Waals surface area contributed by atoms with Crippen molar-refractivity contribution in [3.8, 4) is 0 Å². The van der Waals surface area contributed by atoms with Crippen molar-refractivity contribution in [1.82, 2.24) is 10.2 Å². The molecule has 2 N–H and O–H groups in total. The molecule has 0 spiro atoms. The molecule has 2 rings (SSSR count). The lowest BCUT2D eigenvalue weighted by Gasteiger charge is -2.43. The van der Waals surface area contributed by atoms with Gasteiger partial charge in [0.25, 0.3) is 0 Å². The van der Waals surface area contributed by atoms with Gasteiger partial charge in [-0.2, -0.15) is 0 Å². The Morgan fingerprint density at radius 2 is 1.90 bits per heavy atom. The van der Waals surface area contributed by atoms with Crippen LogP contribution in [-0.4, -0.2) is 47.8 Å². The van der Waals surface area contributed by atoms with Gasteiger partial charge in [0.05, 0.1) is 5.60 Å². The Hall–Kier alpha value is -0.120. The third-order valence-corrected chi connectivity index (χ3v) is 5.63. The van der Waals surface area contributed by atoms with Gasteiger partial charge < -0.3 is 15.3 Å². The topological polar surface area (TPSA) is 35.5 Å². The Morgan fingerprint density at radius 3 is 2.62 bits per heavy atom. The summed E-state index contributed by atoms with van der Waals surface area (Å²) < 4.78 is 0. The molecule has 2 fully saturated rings. The summed E-state index contributed by atoms with van der Waals surface area (Å²) in [5.74, 6) is 0.761. The van der Waals surface area contributed by atoms with Crippen molar-refractivity contribution in [2.24, 2.45) is 11.3 Å². The van der Waals surface area contributed by atoms with Gasteiger partial charge in [-0.1, -0.05) is 20.8 Å². The van der Waals surface area contributed by atoms with Crippen LogP contribution in [0.25, 0.3) is 0 Å². The third kappa shape index (κ3) is 5.22. The summed E-state index contributed by atoms with van der Waals surface area (Å²) in [6.45, 7) is 13.6. The molecule has 21 heavy (non-hydrogen) atoms. The fourth-order valence-electron chi connectivity index (χ4n) is 4.29. The first-order chi connectivity index (χ1) is 9.81. The minimum absolute atomic E-state index is 0.443. The molecule has 1 saturated heterocycles. The number of hydrogen-bond donors (Lipinski definition) is 2. The van der Waals surface area contributed by atoms with Gasteiger partial charge in [0.15, 0.2) is 0 Å². The average Bonchev–Trinajstić information content (AvgIpc) is 2.54. The average molecular weight is 296 g/mol. The molecule has 0 aromatic carbocycles. The molecule has 3 heteroatoms. The number of nitrogens with one attached hydrogen (secondary N) is 1. The minimum Gasteiger partial charge on any atom is -0.390 e. The van der Waals surface area contributed by atoms with E-state index in [1.165, 1.54) is 25.8 Å². The summed E-state index contributed by atoms with van der Waals surface area (Å²) in [4.78, 5) is 2.61. The van der Waals surface area contributed by atoms with Crippen molar-refractivity contribution in [3.63, 3.8) is 0 Å². The van der Waals surface area contributed by atoms with Crippen LogP contribution in [0.3, 0.4) is 0 Å². The van der Waals surface area contributed by atoms with Gasteiger partial charge in [0.2, 0.25) is 0 Å². The zero-order valence-electron chi connectivity index (χ0n) is 14.6. The molecule has 1 saturated carbocycles. The Balaban J connectivity index is 1.94. The van der Waals surface area contributed by atoms with E-state index in [2.05, 4.69) is 31.0 Å². The molecule has 1 aliphatic carbocycles. The largest absolute Gasteiger partial charge is 0.390 e. The molecule has 1 heterocycles. The molecule has 0 aromatic heterocycles. The Bertz CT molecular complexity index is 327. The smallest absolute Gasteiger partial charge is 0.0632 e. The predicted octanol–water partition coefficient (Wildman–Crippen LogP) is 3.03. The fourth-order valence-corrected chi connectivity index (χ4v) is 4.29. The second kappa shape index (κ2) is 6.97. The lowest BCUT2D eigenvalue weighted by atomic mass is 9.69. The van der Waals surface area contributed by atoms with Crippen molar-refractivity contribution in [2.45, 2.75) is 77.9 Å². The molecular weight excluding hydrogens is 260 g/mol. The minimum atomic E-state index is -0.443. The Labute approximate surface area is 131 Å². The zero-order valence-corrected chi connectivity index (χ0v) is 14.6. The third-order valence-electron chi connectivity index (χ3n) is 5.63. The maximum atomic E-state index is 10.3. The van der Waals surface area contributed by atoms with Crippen LogP contribution in [0.4, 0.5) is 0 Å². The SMILES string of the molecule is CCNC1CCC(C)(C)CC1CN1CCCC(C)(O)CC1. The van der Waals surface area contributed by atoms with E-state index < -0.39 is 5.60 Å². The Kier molecular flexibility index (Phi) is 5.72. The van der Waals surface area contributed by atoms with Gasteiger partial charge in [-0.3, -0.25) is 0 Å². The first-order valence-electron chi connectivity index (χ1n) is 8.99. The van der Waals surface area contributed by atoms with Crippen LogP contribution in [0.2, 0.25) is 0 Å². The molecule has 3 atom stereocenters. The fraction of sp³-hybridized carbons (Fsp3) is 1.00. The highest BCUT2D eigenvalue weighted by Gasteiger charge is 2.36. The van der Waals surface area contributed by atoms with Crippen LogP contribution in [0, 0.1) is 11.3 Å². The summed E-state index contributed by atoms with van der Waals surface area (Å²) in [6.07, 6.45) is 7.00. The normalized spacial score (nSPS) is 38.1. The number of aliphatic hydroxyl groups is 1. The quantitative estimate of drug-likeness (QED) is 0.837. The second-order valence-electron chi connectivity index (χ2n) is 8.48. The number of rotatable bonds is 4. The van der Waals surface area contributed by atoms with Crippen molar-refractivity contribution >= 4 is 0 Å². The standard InChI is InChI=1S/C18H36N2O/c1-5-19-16-7-9-17(2,3)13-15(16)14-20-11-6-8-18(4,21)10-12-20/h15-16,19,21H,5-14H2,1-4H3. The van der Waals surface area contributed by atoms with E-state index in [9.17, 15) is 5.11 Å².